The Morgan fingerprint density at radius 3 is 2.29 bits per heavy atom. The van der Waals surface area contributed by atoms with Crippen molar-refractivity contribution in [1.29, 1.82) is 0 Å². The Kier molecular flexibility index (Phi) is 5.06. The first-order valence-corrected chi connectivity index (χ1v) is 6.51. The molecule has 96 valence electrons. The van der Waals surface area contributed by atoms with Gasteiger partial charge in [0.15, 0.2) is 0 Å². The van der Waals surface area contributed by atoms with Crippen molar-refractivity contribution in [2.24, 2.45) is 5.92 Å². The van der Waals surface area contributed by atoms with E-state index >= 15 is 0 Å². The molecular weight excluding hydrogens is 210 g/mol. The summed E-state index contributed by atoms with van der Waals surface area (Å²) < 4.78 is 0. The first kappa shape index (κ1) is 14.1. The zero-order valence-electron chi connectivity index (χ0n) is 11.9. The molecule has 1 N–H and O–H groups in total. The van der Waals surface area contributed by atoms with Gasteiger partial charge in [-0.1, -0.05) is 20.8 Å². The number of hydrogen-bond donors (Lipinski definition) is 1. The number of aromatic nitrogens is 2. The summed E-state index contributed by atoms with van der Waals surface area (Å²) >= 11 is 0. The lowest BCUT2D eigenvalue weighted by molar-refractivity contribution is 0.375. The van der Waals surface area contributed by atoms with E-state index in [-0.39, 0.29) is 0 Å². The first-order chi connectivity index (χ1) is 7.95. The van der Waals surface area contributed by atoms with Crippen LogP contribution in [0.2, 0.25) is 0 Å². The van der Waals surface area contributed by atoms with Crippen LogP contribution < -0.4 is 5.32 Å². The summed E-state index contributed by atoms with van der Waals surface area (Å²) in [7, 11) is 0. The molecule has 0 aromatic carbocycles. The summed E-state index contributed by atoms with van der Waals surface area (Å²) in [5.41, 5.74) is 2.22. The van der Waals surface area contributed by atoms with Crippen LogP contribution in [-0.4, -0.2) is 22.6 Å². The fraction of sp³-hybridized carbons (Fsp3) is 0.714. The number of nitrogens with zero attached hydrogens (tertiary/aromatic N) is 2. The minimum absolute atomic E-state index is 0.439. The fourth-order valence-electron chi connectivity index (χ4n) is 2.54. The number of aryl methyl sites for hydroxylation is 2. The Balaban J connectivity index is 3.04. The van der Waals surface area contributed by atoms with Gasteiger partial charge in [0.05, 0.1) is 0 Å². The molecule has 0 saturated heterocycles. The Morgan fingerprint density at radius 2 is 1.82 bits per heavy atom. The van der Waals surface area contributed by atoms with Gasteiger partial charge in [0, 0.05) is 23.3 Å². The topological polar surface area (TPSA) is 37.8 Å². The van der Waals surface area contributed by atoms with Crippen LogP contribution in [0.3, 0.4) is 0 Å². The second-order valence-electron chi connectivity index (χ2n) is 5.10. The van der Waals surface area contributed by atoms with Crippen molar-refractivity contribution < 1.29 is 0 Å². The largest absolute Gasteiger partial charge is 0.314 e. The van der Waals surface area contributed by atoms with E-state index in [9.17, 15) is 0 Å². The molecule has 3 heteroatoms. The van der Waals surface area contributed by atoms with Crippen LogP contribution in [0.1, 0.15) is 50.8 Å². The quantitative estimate of drug-likeness (QED) is 0.853. The Hall–Kier alpha value is -0.960. The molecule has 0 saturated carbocycles. The molecule has 1 heterocycles. The standard InChI is InChI=1S/C14H25N3/c1-7-15-11(5)14(9(2)3)13-8-10(4)16-12(6)17-13/h8-9,11,14-15H,7H2,1-6H3. The van der Waals surface area contributed by atoms with Gasteiger partial charge in [-0.05, 0) is 39.3 Å². The second-order valence-corrected chi connectivity index (χ2v) is 5.10. The van der Waals surface area contributed by atoms with E-state index in [4.69, 9.17) is 0 Å². The van der Waals surface area contributed by atoms with Crippen molar-refractivity contribution >= 4 is 0 Å². The average molecular weight is 235 g/mol. The third kappa shape index (κ3) is 3.77. The highest BCUT2D eigenvalue weighted by Gasteiger charge is 2.23. The van der Waals surface area contributed by atoms with Gasteiger partial charge >= 0.3 is 0 Å². The van der Waals surface area contributed by atoms with Gasteiger partial charge in [-0.15, -0.1) is 0 Å². The summed E-state index contributed by atoms with van der Waals surface area (Å²) in [6.07, 6.45) is 0. The third-order valence-corrected chi connectivity index (χ3v) is 3.11. The first-order valence-electron chi connectivity index (χ1n) is 6.51. The molecule has 0 bridgehead atoms. The molecular formula is C14H25N3. The Labute approximate surface area is 105 Å². The van der Waals surface area contributed by atoms with Gasteiger partial charge in [-0.25, -0.2) is 9.97 Å². The van der Waals surface area contributed by atoms with Crippen LogP contribution >= 0.6 is 0 Å². The molecule has 0 radical (unpaired) electrons. The van der Waals surface area contributed by atoms with Crippen LogP contribution in [0.4, 0.5) is 0 Å². The molecule has 1 rings (SSSR count). The fourth-order valence-corrected chi connectivity index (χ4v) is 2.54. The predicted octanol–water partition coefficient (Wildman–Crippen LogP) is 2.83. The van der Waals surface area contributed by atoms with E-state index in [0.29, 0.717) is 17.9 Å². The molecule has 17 heavy (non-hydrogen) atoms. The molecule has 1 aromatic heterocycles. The maximum atomic E-state index is 4.61. The number of nitrogens with one attached hydrogen (secondary N) is 1. The van der Waals surface area contributed by atoms with Gasteiger partial charge < -0.3 is 5.32 Å². The number of likely N-dealkylation sites (N-methyl/N-ethyl adjacent to an activating group) is 1. The molecule has 0 aliphatic carbocycles. The summed E-state index contributed by atoms with van der Waals surface area (Å²) in [4.78, 5) is 8.96. The predicted molar refractivity (Wildman–Crippen MR) is 72.2 cm³/mol. The van der Waals surface area contributed by atoms with E-state index in [2.05, 4.69) is 49.0 Å². The highest BCUT2D eigenvalue weighted by Crippen LogP contribution is 2.26. The second kappa shape index (κ2) is 6.10. The van der Waals surface area contributed by atoms with E-state index < -0.39 is 0 Å². The number of rotatable bonds is 5. The zero-order chi connectivity index (χ0) is 13.0. The monoisotopic (exact) mass is 235 g/mol. The SMILES string of the molecule is CCNC(C)C(c1cc(C)nc(C)n1)C(C)C. The van der Waals surface area contributed by atoms with Crippen molar-refractivity contribution in [2.75, 3.05) is 6.54 Å². The lowest BCUT2D eigenvalue weighted by Gasteiger charge is -2.28. The molecule has 2 unspecified atom stereocenters. The van der Waals surface area contributed by atoms with Gasteiger partial charge in [-0.2, -0.15) is 0 Å². The molecule has 0 aliphatic rings. The van der Waals surface area contributed by atoms with Gasteiger partial charge in [0.25, 0.3) is 0 Å². The van der Waals surface area contributed by atoms with E-state index in [0.717, 1.165) is 18.1 Å². The molecule has 0 amide bonds. The van der Waals surface area contributed by atoms with Crippen molar-refractivity contribution in [1.82, 2.24) is 15.3 Å². The van der Waals surface area contributed by atoms with Crippen molar-refractivity contribution in [3.63, 3.8) is 0 Å². The van der Waals surface area contributed by atoms with Crippen molar-refractivity contribution in [3.8, 4) is 0 Å². The van der Waals surface area contributed by atoms with E-state index in [1.54, 1.807) is 0 Å². The highest BCUT2D eigenvalue weighted by molar-refractivity contribution is 5.16. The third-order valence-electron chi connectivity index (χ3n) is 3.11. The lowest BCUT2D eigenvalue weighted by atomic mass is 9.86. The van der Waals surface area contributed by atoms with Crippen LogP contribution in [0, 0.1) is 19.8 Å². The zero-order valence-corrected chi connectivity index (χ0v) is 11.9. The van der Waals surface area contributed by atoms with E-state index in [1.165, 1.54) is 5.69 Å². The minimum Gasteiger partial charge on any atom is -0.314 e. The van der Waals surface area contributed by atoms with Gasteiger partial charge in [0.1, 0.15) is 5.82 Å². The molecule has 0 aliphatic heterocycles. The summed E-state index contributed by atoms with van der Waals surface area (Å²) in [5, 5.41) is 3.50. The van der Waals surface area contributed by atoms with E-state index in [1.807, 2.05) is 13.8 Å². The smallest absolute Gasteiger partial charge is 0.125 e. The molecule has 1 aromatic rings. The van der Waals surface area contributed by atoms with Crippen molar-refractivity contribution in [3.05, 3.63) is 23.3 Å². The summed E-state index contributed by atoms with van der Waals surface area (Å²) in [5.74, 6) is 1.88. The molecule has 3 nitrogen and oxygen atoms in total. The minimum atomic E-state index is 0.439. The Bertz CT molecular complexity index is 340. The van der Waals surface area contributed by atoms with Gasteiger partial charge in [-0.3, -0.25) is 0 Å². The normalized spacial score (nSPS) is 15.0. The molecule has 2 atom stereocenters. The maximum absolute atomic E-state index is 4.61. The molecule has 0 spiro atoms. The highest BCUT2D eigenvalue weighted by atomic mass is 14.9. The maximum Gasteiger partial charge on any atom is 0.125 e. The average Bonchev–Trinajstić information content (AvgIpc) is 2.15. The summed E-state index contributed by atoms with van der Waals surface area (Å²) in [6.45, 7) is 13.9. The molecule has 0 fully saturated rings. The van der Waals surface area contributed by atoms with Gasteiger partial charge in [0.2, 0.25) is 0 Å². The summed E-state index contributed by atoms with van der Waals surface area (Å²) in [6, 6.07) is 2.56. The van der Waals surface area contributed by atoms with Crippen LogP contribution in [0.25, 0.3) is 0 Å². The Morgan fingerprint density at radius 1 is 1.18 bits per heavy atom. The lowest BCUT2D eigenvalue weighted by Crippen LogP contribution is -2.35. The van der Waals surface area contributed by atoms with Crippen LogP contribution in [0.15, 0.2) is 6.07 Å². The van der Waals surface area contributed by atoms with Crippen LogP contribution in [-0.2, 0) is 0 Å². The van der Waals surface area contributed by atoms with Crippen LogP contribution in [0.5, 0.6) is 0 Å². The number of hydrogen-bond acceptors (Lipinski definition) is 3. The van der Waals surface area contributed by atoms with Crippen molar-refractivity contribution in [2.45, 2.75) is 53.5 Å².